The molecule has 0 saturated carbocycles. The van der Waals surface area contributed by atoms with Crippen LogP contribution in [0.4, 0.5) is 0 Å². The number of carbonyl (C=O) groups excluding carboxylic acids is 1. The minimum Gasteiger partial charge on any atom is -0.457 e. The van der Waals surface area contributed by atoms with Crippen molar-refractivity contribution in [1.82, 2.24) is 0 Å². The van der Waals surface area contributed by atoms with Gasteiger partial charge in [0.25, 0.3) is 0 Å². The number of hydrogen-bond acceptors (Lipinski definition) is 2. The van der Waals surface area contributed by atoms with Crippen LogP contribution in [-0.2, 0) is 9.53 Å². The lowest BCUT2D eigenvalue weighted by molar-refractivity contribution is -0.146. The fourth-order valence-electron chi connectivity index (χ4n) is 1.72. The molecule has 20 heavy (non-hydrogen) atoms. The maximum absolute atomic E-state index is 11.7. The van der Waals surface area contributed by atoms with E-state index >= 15 is 0 Å². The van der Waals surface area contributed by atoms with E-state index in [0.717, 1.165) is 11.6 Å². The third-order valence-corrected chi connectivity index (χ3v) is 4.45. The minimum atomic E-state index is -2.76. The van der Waals surface area contributed by atoms with Gasteiger partial charge in [-0.2, -0.15) is 0 Å². The average molecular weight is 314 g/mol. The maximum atomic E-state index is 11.7. The summed E-state index contributed by atoms with van der Waals surface area (Å²) in [4.78, 5) is 11.7. The summed E-state index contributed by atoms with van der Waals surface area (Å²) >= 11 is 5.86. The van der Waals surface area contributed by atoms with E-state index in [4.69, 9.17) is 20.5 Å². The normalized spacial score (nSPS) is 16.3. The third kappa shape index (κ3) is 6.92. The second kappa shape index (κ2) is 7.65. The first kappa shape index (κ1) is 12.7. The van der Waals surface area contributed by atoms with Gasteiger partial charge >= 0.3 is 5.97 Å². The number of ether oxygens (including phenoxy) is 1. The summed E-state index contributed by atoms with van der Waals surface area (Å²) in [5.41, 5.74) is 0.727. The highest BCUT2D eigenvalue weighted by molar-refractivity contribution is 6.76. The van der Waals surface area contributed by atoms with E-state index in [1.807, 2.05) is 6.08 Å². The Morgan fingerprint density at radius 1 is 1.35 bits per heavy atom. The Morgan fingerprint density at radius 2 is 2.00 bits per heavy atom. The highest BCUT2D eigenvalue weighted by Gasteiger charge is 2.14. The molecule has 0 fully saturated rings. The second-order valence-corrected chi connectivity index (χ2v) is 11.9. The summed E-state index contributed by atoms with van der Waals surface area (Å²) in [6, 6.07) is 7.89. The van der Waals surface area contributed by atoms with Crippen LogP contribution in [0.25, 0.3) is 0 Å². The molecule has 1 aromatic carbocycles. The van der Waals surface area contributed by atoms with Crippen LogP contribution in [0.5, 0.6) is 0 Å². The molecule has 1 rings (SSSR count). The van der Waals surface area contributed by atoms with Crippen molar-refractivity contribution in [2.75, 3.05) is 0 Å². The molecule has 0 aliphatic carbocycles. The predicted octanol–water partition coefficient (Wildman–Crippen LogP) is 5.23. The average Bonchev–Trinajstić information content (AvgIpc) is 2.41. The van der Waals surface area contributed by atoms with E-state index in [-0.39, 0.29) is 0 Å². The van der Waals surface area contributed by atoms with Gasteiger partial charge in [-0.3, -0.25) is 4.79 Å². The lowest BCUT2D eigenvalue weighted by atomic mass is 10.1. The van der Waals surface area contributed by atoms with Crippen molar-refractivity contribution in [3.05, 3.63) is 47.0 Å². The van der Waals surface area contributed by atoms with Crippen LogP contribution in [0.1, 0.15) is 29.1 Å². The van der Waals surface area contributed by atoms with Crippen LogP contribution in [0, 0.1) is 0 Å². The summed E-state index contributed by atoms with van der Waals surface area (Å²) in [7, 11) is -1.18. The Bertz CT molecular complexity index is 548. The topological polar surface area (TPSA) is 26.3 Å². The molecule has 0 aliphatic rings. The maximum Gasteiger partial charge on any atom is 0.303 e. The Morgan fingerprint density at radius 3 is 2.55 bits per heavy atom. The van der Waals surface area contributed by atoms with Crippen molar-refractivity contribution < 1.29 is 13.6 Å². The van der Waals surface area contributed by atoms with E-state index in [1.165, 1.54) is 0 Å². The van der Waals surface area contributed by atoms with Crippen molar-refractivity contribution in [1.29, 1.82) is 0 Å². The zero-order valence-electron chi connectivity index (χ0n) is 15.2. The second-order valence-electron chi connectivity index (χ2n) is 5.92. The standard InChI is InChI=1S/C16H23ClO2Si/c1-13(18)19-16(7-5-6-12-20(2,3)4)14-8-10-15(17)11-9-14/h5-6,8-11,16H,7,12H2,1-4H3/b6-5-/i1D3. The van der Waals surface area contributed by atoms with Crippen LogP contribution in [0.15, 0.2) is 36.4 Å². The molecule has 1 unspecified atom stereocenters. The minimum absolute atomic E-state index is 0.438. The number of esters is 1. The first-order chi connectivity index (χ1) is 10.5. The predicted molar refractivity (Wildman–Crippen MR) is 87.9 cm³/mol. The van der Waals surface area contributed by atoms with Gasteiger partial charge in [-0.05, 0) is 23.7 Å². The Kier molecular flexibility index (Phi) is 4.84. The number of carbonyl (C=O) groups is 1. The highest BCUT2D eigenvalue weighted by atomic mass is 35.5. The molecule has 0 bridgehead atoms. The fourth-order valence-corrected chi connectivity index (χ4v) is 2.72. The molecule has 0 spiro atoms. The van der Waals surface area contributed by atoms with Crippen LogP contribution in [0.3, 0.4) is 0 Å². The monoisotopic (exact) mass is 313 g/mol. The van der Waals surface area contributed by atoms with Gasteiger partial charge in [-0.25, -0.2) is 0 Å². The Balaban J connectivity index is 2.84. The number of benzene rings is 1. The van der Waals surface area contributed by atoms with E-state index in [0.29, 0.717) is 11.4 Å². The van der Waals surface area contributed by atoms with Gasteiger partial charge in [0, 0.05) is 30.5 Å². The van der Waals surface area contributed by atoms with E-state index in [9.17, 15) is 4.79 Å². The van der Waals surface area contributed by atoms with Gasteiger partial charge in [0.2, 0.25) is 0 Å². The zero-order valence-corrected chi connectivity index (χ0v) is 13.9. The van der Waals surface area contributed by atoms with Crippen LogP contribution >= 0.6 is 11.6 Å². The van der Waals surface area contributed by atoms with Crippen LogP contribution in [0.2, 0.25) is 30.7 Å². The van der Waals surface area contributed by atoms with E-state index < -0.39 is 27.0 Å². The first-order valence-corrected chi connectivity index (χ1v) is 10.7. The van der Waals surface area contributed by atoms with Crippen LogP contribution < -0.4 is 0 Å². The molecule has 0 radical (unpaired) electrons. The van der Waals surface area contributed by atoms with Gasteiger partial charge in [0.1, 0.15) is 6.10 Å². The number of allylic oxidation sites excluding steroid dienone is 1. The smallest absolute Gasteiger partial charge is 0.303 e. The molecular formula is C16H23ClO2Si. The van der Waals surface area contributed by atoms with Crippen LogP contribution in [-0.4, -0.2) is 14.0 Å². The molecule has 0 aromatic heterocycles. The lowest BCUT2D eigenvalue weighted by Gasteiger charge is -2.16. The Labute approximate surface area is 132 Å². The molecule has 4 heteroatoms. The van der Waals surface area contributed by atoms with Crippen molar-refractivity contribution in [2.45, 2.75) is 45.1 Å². The molecule has 1 atom stereocenters. The first-order valence-electron chi connectivity index (χ1n) is 8.10. The van der Waals surface area contributed by atoms with Crippen molar-refractivity contribution >= 4 is 25.6 Å². The van der Waals surface area contributed by atoms with Crippen molar-refractivity contribution in [2.24, 2.45) is 0 Å². The van der Waals surface area contributed by atoms with Gasteiger partial charge in [-0.1, -0.05) is 55.5 Å². The molecule has 110 valence electrons. The Hall–Kier alpha value is -1.06. The molecule has 2 nitrogen and oxygen atoms in total. The molecule has 0 aliphatic heterocycles. The highest BCUT2D eigenvalue weighted by Crippen LogP contribution is 2.24. The SMILES string of the molecule is [2H]C([2H])([2H])C(=O)OC(C/C=C\C[Si](C)(C)C)c1ccc(Cl)cc1. The zero-order chi connectivity index (χ0) is 17.7. The summed E-state index contributed by atoms with van der Waals surface area (Å²) in [5.74, 6) is -1.18. The number of hydrogen-bond donors (Lipinski definition) is 0. The van der Waals surface area contributed by atoms with Gasteiger partial charge in [0.05, 0.1) is 0 Å². The molecule has 1 aromatic rings. The fraction of sp³-hybridized carbons (Fsp3) is 0.438. The van der Waals surface area contributed by atoms with Crippen molar-refractivity contribution in [3.8, 4) is 0 Å². The number of halogens is 1. The third-order valence-electron chi connectivity index (χ3n) is 2.74. The summed E-state index contributed by atoms with van der Waals surface area (Å²) in [6.45, 7) is 4.04. The van der Waals surface area contributed by atoms with Gasteiger partial charge < -0.3 is 4.74 Å². The van der Waals surface area contributed by atoms with Crippen molar-refractivity contribution in [3.63, 3.8) is 0 Å². The summed E-state index contributed by atoms with van der Waals surface area (Å²) in [6.07, 6.45) is 3.84. The van der Waals surface area contributed by atoms with Gasteiger partial charge in [-0.15, -0.1) is 0 Å². The van der Waals surface area contributed by atoms with E-state index in [2.05, 4.69) is 25.7 Å². The molecule has 0 amide bonds. The van der Waals surface area contributed by atoms with E-state index in [1.54, 1.807) is 24.3 Å². The quantitative estimate of drug-likeness (QED) is 0.408. The molecular weight excluding hydrogens is 288 g/mol. The number of rotatable bonds is 6. The molecule has 0 saturated heterocycles. The molecule has 0 heterocycles. The summed E-state index contributed by atoms with van der Waals surface area (Å²) in [5, 5.41) is 0.573. The largest absolute Gasteiger partial charge is 0.457 e. The molecule has 0 N–H and O–H groups in total. The van der Waals surface area contributed by atoms with Gasteiger partial charge in [0.15, 0.2) is 0 Å². The lowest BCUT2D eigenvalue weighted by Crippen LogP contribution is -2.17. The summed E-state index contributed by atoms with van der Waals surface area (Å²) < 4.78 is 26.6.